The van der Waals surface area contributed by atoms with Gasteiger partial charge in [-0.25, -0.2) is 0 Å². The number of fused-ring (bicyclic) bond motifs is 1. The maximum atomic E-state index is 12.3. The van der Waals surface area contributed by atoms with Crippen LogP contribution < -0.4 is 5.32 Å². The number of ether oxygens (including phenoxy) is 1. The van der Waals surface area contributed by atoms with Crippen LogP contribution in [-0.2, 0) is 16.0 Å². The SMILES string of the molecule is O=C(NCC1CC1)[C@H]1C[C@@H]2CCN(CCc3ccccc3)C[C@H]2O1. The Balaban J connectivity index is 1.23. The number of carbonyl (C=O) groups is 1. The molecule has 24 heavy (non-hydrogen) atoms. The fourth-order valence-electron chi connectivity index (χ4n) is 3.98. The van der Waals surface area contributed by atoms with Crippen molar-refractivity contribution < 1.29 is 9.53 Å². The molecule has 2 aliphatic heterocycles. The zero-order valence-corrected chi connectivity index (χ0v) is 14.3. The molecule has 0 unspecified atom stereocenters. The summed E-state index contributed by atoms with van der Waals surface area (Å²) >= 11 is 0. The minimum Gasteiger partial charge on any atom is -0.364 e. The number of nitrogens with one attached hydrogen (secondary N) is 1. The Morgan fingerprint density at radius 2 is 2.04 bits per heavy atom. The van der Waals surface area contributed by atoms with Crippen LogP contribution in [0.15, 0.2) is 30.3 Å². The molecular weight excluding hydrogens is 300 g/mol. The molecule has 1 saturated carbocycles. The van der Waals surface area contributed by atoms with Gasteiger partial charge >= 0.3 is 0 Å². The zero-order valence-electron chi connectivity index (χ0n) is 14.3. The van der Waals surface area contributed by atoms with Gasteiger partial charge in [0.1, 0.15) is 6.10 Å². The fraction of sp³-hybridized carbons (Fsp3) is 0.650. The summed E-state index contributed by atoms with van der Waals surface area (Å²) in [6.45, 7) is 4.03. The minimum atomic E-state index is -0.215. The lowest BCUT2D eigenvalue weighted by molar-refractivity contribution is -0.132. The van der Waals surface area contributed by atoms with Crippen molar-refractivity contribution in [2.75, 3.05) is 26.2 Å². The van der Waals surface area contributed by atoms with Crippen molar-refractivity contribution in [3.05, 3.63) is 35.9 Å². The van der Waals surface area contributed by atoms with Gasteiger partial charge < -0.3 is 15.0 Å². The number of carbonyl (C=O) groups excluding carboxylic acids is 1. The summed E-state index contributed by atoms with van der Waals surface area (Å²) in [6.07, 6.45) is 5.73. The first-order valence-electron chi connectivity index (χ1n) is 9.47. The number of benzene rings is 1. The van der Waals surface area contributed by atoms with Gasteiger partial charge in [0.2, 0.25) is 5.91 Å². The molecule has 0 aromatic heterocycles. The van der Waals surface area contributed by atoms with Crippen molar-refractivity contribution in [1.82, 2.24) is 10.2 Å². The summed E-state index contributed by atoms with van der Waals surface area (Å²) in [7, 11) is 0. The van der Waals surface area contributed by atoms with E-state index in [1.165, 1.54) is 18.4 Å². The van der Waals surface area contributed by atoms with Gasteiger partial charge in [-0.1, -0.05) is 30.3 Å². The van der Waals surface area contributed by atoms with E-state index < -0.39 is 0 Å². The molecule has 1 aromatic carbocycles. The molecule has 4 nitrogen and oxygen atoms in total. The van der Waals surface area contributed by atoms with E-state index in [1.807, 2.05) is 0 Å². The molecule has 0 radical (unpaired) electrons. The summed E-state index contributed by atoms with van der Waals surface area (Å²) in [5.41, 5.74) is 1.39. The van der Waals surface area contributed by atoms with Crippen LogP contribution in [0.2, 0.25) is 0 Å². The molecule has 0 bridgehead atoms. The van der Waals surface area contributed by atoms with E-state index in [0.29, 0.717) is 5.92 Å². The Morgan fingerprint density at radius 3 is 2.83 bits per heavy atom. The quantitative estimate of drug-likeness (QED) is 0.871. The van der Waals surface area contributed by atoms with Gasteiger partial charge in [-0.05, 0) is 56.0 Å². The second-order valence-electron chi connectivity index (χ2n) is 7.67. The van der Waals surface area contributed by atoms with E-state index in [0.717, 1.165) is 51.4 Å². The van der Waals surface area contributed by atoms with Crippen molar-refractivity contribution in [1.29, 1.82) is 0 Å². The number of hydrogen-bond donors (Lipinski definition) is 1. The van der Waals surface area contributed by atoms with Crippen molar-refractivity contribution in [2.24, 2.45) is 11.8 Å². The van der Waals surface area contributed by atoms with Gasteiger partial charge in [0.15, 0.2) is 0 Å². The molecule has 1 aromatic rings. The Bertz CT molecular complexity index is 558. The molecule has 2 saturated heterocycles. The summed E-state index contributed by atoms with van der Waals surface area (Å²) in [6, 6.07) is 10.7. The van der Waals surface area contributed by atoms with Gasteiger partial charge in [0.25, 0.3) is 0 Å². The number of amides is 1. The lowest BCUT2D eigenvalue weighted by Gasteiger charge is -2.34. The molecule has 0 spiro atoms. The molecule has 130 valence electrons. The Hall–Kier alpha value is -1.39. The molecule has 4 heteroatoms. The molecule has 4 rings (SSSR count). The van der Waals surface area contributed by atoms with E-state index in [2.05, 4.69) is 40.5 Å². The smallest absolute Gasteiger partial charge is 0.249 e. The first-order valence-corrected chi connectivity index (χ1v) is 9.47. The summed E-state index contributed by atoms with van der Waals surface area (Å²) in [4.78, 5) is 14.8. The van der Waals surface area contributed by atoms with E-state index in [1.54, 1.807) is 0 Å². The van der Waals surface area contributed by atoms with Crippen LogP contribution >= 0.6 is 0 Å². The lowest BCUT2D eigenvalue weighted by atomic mass is 9.91. The maximum absolute atomic E-state index is 12.3. The largest absolute Gasteiger partial charge is 0.364 e. The maximum Gasteiger partial charge on any atom is 0.249 e. The van der Waals surface area contributed by atoms with Crippen molar-refractivity contribution in [3.63, 3.8) is 0 Å². The third kappa shape index (κ3) is 3.98. The van der Waals surface area contributed by atoms with Crippen LogP contribution in [0.1, 0.15) is 31.2 Å². The van der Waals surface area contributed by atoms with Crippen molar-refractivity contribution in [3.8, 4) is 0 Å². The number of likely N-dealkylation sites (tertiary alicyclic amines) is 1. The van der Waals surface area contributed by atoms with E-state index in [9.17, 15) is 4.79 Å². The van der Waals surface area contributed by atoms with Crippen LogP contribution in [0.5, 0.6) is 0 Å². The Morgan fingerprint density at radius 1 is 1.21 bits per heavy atom. The first-order chi connectivity index (χ1) is 11.8. The summed E-state index contributed by atoms with van der Waals surface area (Å²) in [5, 5.41) is 3.08. The third-order valence-corrected chi connectivity index (χ3v) is 5.75. The molecule has 2 heterocycles. The number of piperidine rings is 1. The van der Waals surface area contributed by atoms with Gasteiger partial charge in [-0.15, -0.1) is 0 Å². The van der Waals surface area contributed by atoms with Crippen LogP contribution in [0.3, 0.4) is 0 Å². The van der Waals surface area contributed by atoms with E-state index in [-0.39, 0.29) is 18.1 Å². The monoisotopic (exact) mass is 328 g/mol. The Kier molecular flexibility index (Phi) is 4.86. The molecule has 3 atom stereocenters. The topological polar surface area (TPSA) is 41.6 Å². The Labute approximate surface area is 144 Å². The van der Waals surface area contributed by atoms with Crippen molar-refractivity contribution in [2.45, 2.75) is 44.3 Å². The van der Waals surface area contributed by atoms with Crippen LogP contribution in [0.4, 0.5) is 0 Å². The normalized spacial score (nSPS) is 30.1. The highest BCUT2D eigenvalue weighted by Gasteiger charge is 2.41. The zero-order chi connectivity index (χ0) is 16.4. The molecule has 3 aliphatic rings. The highest BCUT2D eigenvalue weighted by Crippen LogP contribution is 2.33. The average molecular weight is 328 g/mol. The summed E-state index contributed by atoms with van der Waals surface area (Å²) < 4.78 is 6.11. The van der Waals surface area contributed by atoms with Crippen LogP contribution in [0.25, 0.3) is 0 Å². The van der Waals surface area contributed by atoms with Gasteiger partial charge in [0.05, 0.1) is 6.10 Å². The van der Waals surface area contributed by atoms with Gasteiger partial charge in [0, 0.05) is 19.6 Å². The minimum absolute atomic E-state index is 0.118. The molecule has 1 aliphatic carbocycles. The van der Waals surface area contributed by atoms with Crippen LogP contribution in [-0.4, -0.2) is 49.2 Å². The second kappa shape index (κ2) is 7.24. The number of rotatable bonds is 6. The number of hydrogen-bond acceptors (Lipinski definition) is 3. The highest BCUT2D eigenvalue weighted by molar-refractivity contribution is 5.81. The third-order valence-electron chi connectivity index (χ3n) is 5.75. The lowest BCUT2D eigenvalue weighted by Crippen LogP contribution is -2.43. The van der Waals surface area contributed by atoms with Gasteiger partial charge in [-0.3, -0.25) is 4.79 Å². The van der Waals surface area contributed by atoms with E-state index in [4.69, 9.17) is 4.74 Å². The second-order valence-corrected chi connectivity index (χ2v) is 7.67. The molecule has 1 N–H and O–H groups in total. The molecular formula is C20H28N2O2. The number of nitrogens with zero attached hydrogens (tertiary/aromatic N) is 1. The predicted molar refractivity (Wildman–Crippen MR) is 93.7 cm³/mol. The highest BCUT2D eigenvalue weighted by atomic mass is 16.5. The molecule has 3 fully saturated rings. The summed E-state index contributed by atoms with van der Waals surface area (Å²) in [5.74, 6) is 1.41. The van der Waals surface area contributed by atoms with Crippen LogP contribution in [0, 0.1) is 11.8 Å². The standard InChI is InChI=1S/C20H28N2O2/c23-20(21-13-16-6-7-16)18-12-17-9-11-22(14-19(17)24-18)10-8-15-4-2-1-3-5-15/h1-5,16-19H,6-14H2,(H,21,23)/t17-,18+,19+/m0/s1. The average Bonchev–Trinajstić information content (AvgIpc) is 3.35. The van der Waals surface area contributed by atoms with E-state index >= 15 is 0 Å². The van der Waals surface area contributed by atoms with Crippen molar-refractivity contribution >= 4 is 5.91 Å². The fourth-order valence-corrected chi connectivity index (χ4v) is 3.98. The first kappa shape index (κ1) is 16.1. The van der Waals surface area contributed by atoms with Gasteiger partial charge in [-0.2, -0.15) is 0 Å². The molecule has 1 amide bonds. The predicted octanol–water partition coefficient (Wildman–Crippen LogP) is 2.23.